The molecule has 250 valence electrons. The van der Waals surface area contributed by atoms with E-state index < -0.39 is 12.1 Å². The number of benzene rings is 3. The highest BCUT2D eigenvalue weighted by atomic mass is 79.9. The number of para-hydroxylation sites is 1. The van der Waals surface area contributed by atoms with E-state index >= 15 is 0 Å². The van der Waals surface area contributed by atoms with Crippen LogP contribution in [0.2, 0.25) is 0 Å². The number of aliphatic hydroxyl groups excluding tert-OH is 1. The van der Waals surface area contributed by atoms with Crippen LogP contribution in [0.5, 0.6) is 17.4 Å². The van der Waals surface area contributed by atoms with Crippen LogP contribution in [0, 0.1) is 5.82 Å². The highest BCUT2D eigenvalue weighted by molar-refractivity contribution is 9.10. The van der Waals surface area contributed by atoms with Gasteiger partial charge in [0.15, 0.2) is 5.82 Å². The Morgan fingerprint density at radius 1 is 1.02 bits per heavy atom. The Morgan fingerprint density at radius 3 is 2.61 bits per heavy atom. The molecule has 0 fully saturated rings. The van der Waals surface area contributed by atoms with Crippen LogP contribution in [0.3, 0.4) is 0 Å². The average Bonchev–Trinajstić information content (AvgIpc) is 3.47. The minimum atomic E-state index is -1.13. The smallest absolute Gasteiger partial charge is 0.347 e. The van der Waals surface area contributed by atoms with Gasteiger partial charge < -0.3 is 24.1 Å². The van der Waals surface area contributed by atoms with Gasteiger partial charge in [-0.05, 0) is 82.0 Å². The van der Waals surface area contributed by atoms with Gasteiger partial charge in [0, 0.05) is 12.6 Å². The third-order valence-electron chi connectivity index (χ3n) is 7.45. The summed E-state index contributed by atoms with van der Waals surface area (Å²) in [5, 5.41) is 10.5. The number of aliphatic hydroxyl groups is 1. The molecular weight excluding hydrogens is 715 g/mol. The Kier molecular flexibility index (Phi) is 10.7. The van der Waals surface area contributed by atoms with Crippen LogP contribution in [0.25, 0.3) is 32.0 Å². The number of rotatable bonds is 13. The lowest BCUT2D eigenvalue weighted by Crippen LogP contribution is -2.32. The number of ether oxygens (including phenoxy) is 4. The number of halogens is 2. The summed E-state index contributed by atoms with van der Waals surface area (Å²) in [6, 6.07) is 20.6. The number of esters is 1. The van der Waals surface area contributed by atoms with Gasteiger partial charge in [-0.2, -0.15) is 0 Å². The second kappa shape index (κ2) is 15.5. The second-order valence-electron chi connectivity index (χ2n) is 10.6. The van der Waals surface area contributed by atoms with Crippen molar-refractivity contribution in [3.05, 3.63) is 112 Å². The first kappa shape index (κ1) is 33.9. The van der Waals surface area contributed by atoms with Gasteiger partial charge in [0.2, 0.25) is 12.0 Å². The van der Waals surface area contributed by atoms with Crippen LogP contribution in [-0.2, 0) is 29.2 Å². The minimum absolute atomic E-state index is 0.0380. The maximum Gasteiger partial charge on any atom is 0.347 e. The summed E-state index contributed by atoms with van der Waals surface area (Å²) >= 11 is 5.04. The highest BCUT2D eigenvalue weighted by Crippen LogP contribution is 2.44. The number of methoxy groups -OCH3 is 1. The molecule has 0 saturated carbocycles. The fourth-order valence-electron chi connectivity index (χ4n) is 5.11. The third-order valence-corrected chi connectivity index (χ3v) is 9.66. The number of thiophene rings is 1. The Balaban J connectivity index is 1.29. The molecule has 10 nitrogen and oxygen atoms in total. The van der Waals surface area contributed by atoms with Crippen molar-refractivity contribution in [2.75, 3.05) is 13.7 Å². The third kappa shape index (κ3) is 7.69. The molecule has 6 aromatic rings. The summed E-state index contributed by atoms with van der Waals surface area (Å²) < 4.78 is 37.7. The SMILES string of the molecule is CCOC(=O)[C@@H](Cc1cc(CO)ccc1OCc1ccnc(-c2ccccc2OC)n1)Oc1ncnc2sc(-c3ccc(F)cc3)c(Br)c12. The Hall–Kier alpha value is -4.98. The number of fused-ring (bicyclic) bond motifs is 1. The Bertz CT molecular complexity index is 2100. The van der Waals surface area contributed by atoms with Crippen LogP contribution in [0.1, 0.15) is 23.7 Å². The van der Waals surface area contributed by atoms with Gasteiger partial charge in [-0.25, -0.2) is 29.1 Å². The molecule has 49 heavy (non-hydrogen) atoms. The molecule has 3 heterocycles. The molecule has 0 radical (unpaired) electrons. The van der Waals surface area contributed by atoms with E-state index in [1.54, 1.807) is 56.6 Å². The van der Waals surface area contributed by atoms with Gasteiger partial charge in [-0.3, -0.25) is 0 Å². The van der Waals surface area contributed by atoms with E-state index in [4.69, 9.17) is 18.9 Å². The van der Waals surface area contributed by atoms with Crippen LogP contribution in [-0.4, -0.2) is 50.8 Å². The molecule has 0 aliphatic rings. The molecule has 1 N–H and O–H groups in total. The van der Waals surface area contributed by atoms with Gasteiger partial charge in [-0.1, -0.05) is 30.3 Å². The van der Waals surface area contributed by atoms with E-state index in [0.29, 0.717) is 48.8 Å². The van der Waals surface area contributed by atoms with E-state index in [0.717, 1.165) is 16.0 Å². The summed E-state index contributed by atoms with van der Waals surface area (Å²) in [5.41, 5.74) is 3.37. The standard InChI is InChI=1S/C36H30BrFN4O6S/c1-3-46-36(44)29(48-34-30-31(37)32(49-35(30)41-20-40-34)22-9-11-24(38)12-10-22)17-23-16-21(18-43)8-13-27(23)47-19-25-14-15-39-33(42-25)26-6-4-5-7-28(26)45-2/h4-16,20,29,43H,3,17-19H2,1-2H3/t29-/m1/s1. The number of aromatic nitrogens is 4. The van der Waals surface area contributed by atoms with Crippen molar-refractivity contribution in [3.8, 4) is 39.2 Å². The monoisotopic (exact) mass is 744 g/mol. The van der Waals surface area contributed by atoms with Crippen molar-refractivity contribution < 1.29 is 33.2 Å². The zero-order valence-corrected chi connectivity index (χ0v) is 28.8. The van der Waals surface area contributed by atoms with E-state index in [1.165, 1.54) is 29.8 Å². The Labute approximate surface area is 293 Å². The first-order valence-electron chi connectivity index (χ1n) is 15.2. The molecular formula is C36H30BrFN4O6S. The topological polar surface area (TPSA) is 126 Å². The summed E-state index contributed by atoms with van der Waals surface area (Å²) in [5.74, 6) is 0.835. The van der Waals surface area contributed by atoms with Crippen LogP contribution in [0.15, 0.2) is 89.8 Å². The van der Waals surface area contributed by atoms with Crippen molar-refractivity contribution in [2.24, 2.45) is 0 Å². The van der Waals surface area contributed by atoms with Crippen molar-refractivity contribution in [1.82, 2.24) is 19.9 Å². The summed E-state index contributed by atoms with van der Waals surface area (Å²) in [7, 11) is 1.59. The van der Waals surface area contributed by atoms with Crippen LogP contribution >= 0.6 is 27.3 Å². The maximum absolute atomic E-state index is 13.6. The van der Waals surface area contributed by atoms with E-state index in [9.17, 15) is 14.3 Å². The van der Waals surface area contributed by atoms with E-state index in [2.05, 4.69) is 35.9 Å². The molecule has 3 aromatic carbocycles. The zero-order chi connectivity index (χ0) is 34.3. The van der Waals surface area contributed by atoms with Gasteiger partial charge in [0.1, 0.15) is 35.1 Å². The first-order chi connectivity index (χ1) is 23.9. The molecule has 0 unspecified atom stereocenters. The molecule has 1 atom stereocenters. The van der Waals surface area contributed by atoms with E-state index in [1.807, 2.05) is 24.3 Å². The minimum Gasteiger partial charge on any atom is -0.496 e. The predicted octanol–water partition coefficient (Wildman–Crippen LogP) is 7.35. The quantitative estimate of drug-likeness (QED) is 0.120. The summed E-state index contributed by atoms with van der Waals surface area (Å²) in [4.78, 5) is 32.6. The number of nitrogens with zero attached hydrogens (tertiary/aromatic N) is 4. The highest BCUT2D eigenvalue weighted by Gasteiger charge is 2.28. The molecule has 3 aromatic heterocycles. The molecule has 0 amide bonds. The molecule has 6 rings (SSSR count). The lowest BCUT2D eigenvalue weighted by molar-refractivity contribution is -0.151. The van der Waals surface area contributed by atoms with Gasteiger partial charge in [0.25, 0.3) is 0 Å². The van der Waals surface area contributed by atoms with Gasteiger partial charge in [-0.15, -0.1) is 11.3 Å². The summed E-state index contributed by atoms with van der Waals surface area (Å²) in [6.07, 6.45) is 1.92. The molecule has 13 heteroatoms. The van der Waals surface area contributed by atoms with Crippen molar-refractivity contribution in [1.29, 1.82) is 0 Å². The van der Waals surface area contributed by atoms with Crippen molar-refractivity contribution in [2.45, 2.75) is 32.7 Å². The van der Waals surface area contributed by atoms with Gasteiger partial charge in [0.05, 0.1) is 46.3 Å². The number of carbonyl (C=O) groups excluding carboxylic acids is 1. The lowest BCUT2D eigenvalue weighted by Gasteiger charge is -2.20. The summed E-state index contributed by atoms with van der Waals surface area (Å²) in [6.45, 7) is 1.73. The molecule has 0 aliphatic carbocycles. The molecule has 0 spiro atoms. The Morgan fingerprint density at radius 2 is 1.84 bits per heavy atom. The normalized spacial score (nSPS) is 11.7. The number of hydrogen-bond donors (Lipinski definition) is 1. The van der Waals surface area contributed by atoms with E-state index in [-0.39, 0.29) is 37.9 Å². The average molecular weight is 746 g/mol. The van der Waals surface area contributed by atoms with Gasteiger partial charge >= 0.3 is 5.97 Å². The number of hydrogen-bond acceptors (Lipinski definition) is 11. The van der Waals surface area contributed by atoms with Crippen LogP contribution < -0.4 is 14.2 Å². The largest absolute Gasteiger partial charge is 0.496 e. The first-order valence-corrected chi connectivity index (χ1v) is 16.8. The maximum atomic E-state index is 13.6. The lowest BCUT2D eigenvalue weighted by atomic mass is 10.0. The zero-order valence-electron chi connectivity index (χ0n) is 26.4. The fourth-order valence-corrected chi connectivity index (χ4v) is 7.10. The molecule has 0 saturated heterocycles. The second-order valence-corrected chi connectivity index (χ2v) is 12.4. The predicted molar refractivity (Wildman–Crippen MR) is 186 cm³/mol. The van der Waals surface area contributed by atoms with Crippen molar-refractivity contribution >= 4 is 43.5 Å². The fraction of sp³-hybridized carbons (Fsp3) is 0.194. The van der Waals surface area contributed by atoms with Crippen LogP contribution in [0.4, 0.5) is 4.39 Å². The molecule has 0 aliphatic heterocycles. The number of carbonyl (C=O) groups is 1. The van der Waals surface area contributed by atoms with Crippen molar-refractivity contribution in [3.63, 3.8) is 0 Å². The molecule has 0 bridgehead atoms.